The number of amides is 1. The van der Waals surface area contributed by atoms with E-state index < -0.39 is 0 Å². The molecule has 1 aliphatic carbocycles. The maximum atomic E-state index is 12.6. The first-order valence-electron chi connectivity index (χ1n) is 8.06. The summed E-state index contributed by atoms with van der Waals surface area (Å²) < 4.78 is 5.16. The predicted molar refractivity (Wildman–Crippen MR) is 89.3 cm³/mol. The summed E-state index contributed by atoms with van der Waals surface area (Å²) in [4.78, 5) is 12.6. The Morgan fingerprint density at radius 1 is 1.12 bits per heavy atom. The quantitative estimate of drug-likeness (QED) is 0.801. The van der Waals surface area contributed by atoms with Gasteiger partial charge in [-0.25, -0.2) is 0 Å². The first-order valence-corrected chi connectivity index (χ1v) is 8.06. The maximum Gasteiger partial charge on any atom is 0.251 e. The minimum Gasteiger partial charge on any atom is -0.423 e. The van der Waals surface area contributed by atoms with Crippen LogP contribution in [0.3, 0.4) is 0 Å². The van der Waals surface area contributed by atoms with Crippen molar-refractivity contribution in [3.05, 3.63) is 71.6 Å². The molecular weight excluding hydrogens is 302 g/mol. The average Bonchev–Trinajstić information content (AvgIpc) is 3.17. The highest BCUT2D eigenvalue weighted by atomic mass is 16.4. The predicted octanol–water partition coefficient (Wildman–Crippen LogP) is 3.54. The van der Waals surface area contributed by atoms with Crippen molar-refractivity contribution in [2.75, 3.05) is 0 Å². The molecule has 0 bridgehead atoms. The normalized spacial score (nSPS) is 16.4. The van der Waals surface area contributed by atoms with E-state index in [0.717, 1.165) is 24.8 Å². The third kappa shape index (κ3) is 2.80. The zero-order valence-corrected chi connectivity index (χ0v) is 13.1. The molecule has 120 valence electrons. The Labute approximate surface area is 139 Å². The van der Waals surface area contributed by atoms with Crippen molar-refractivity contribution in [2.24, 2.45) is 0 Å². The van der Waals surface area contributed by atoms with Crippen molar-refractivity contribution in [3.63, 3.8) is 0 Å². The first-order chi connectivity index (χ1) is 11.8. The molecule has 0 saturated heterocycles. The van der Waals surface area contributed by atoms with Crippen molar-refractivity contribution < 1.29 is 9.21 Å². The van der Waals surface area contributed by atoms with Crippen molar-refractivity contribution in [1.29, 1.82) is 0 Å². The summed E-state index contributed by atoms with van der Waals surface area (Å²) >= 11 is 0. The van der Waals surface area contributed by atoms with Crippen LogP contribution in [0.4, 0.5) is 0 Å². The van der Waals surface area contributed by atoms with Gasteiger partial charge in [0.25, 0.3) is 5.91 Å². The number of carbonyl (C=O) groups is 1. The van der Waals surface area contributed by atoms with Gasteiger partial charge >= 0.3 is 0 Å². The summed E-state index contributed by atoms with van der Waals surface area (Å²) in [5, 5.41) is 10.7. The summed E-state index contributed by atoms with van der Waals surface area (Å²) in [6, 6.07) is 15.6. The number of carbonyl (C=O) groups excluding carboxylic acids is 1. The van der Waals surface area contributed by atoms with Gasteiger partial charge in [0.15, 0.2) is 0 Å². The number of nitrogens with zero attached hydrogens (tertiary/aromatic N) is 2. The lowest BCUT2D eigenvalue weighted by Crippen LogP contribution is -2.30. The second-order valence-electron chi connectivity index (χ2n) is 5.94. The van der Waals surface area contributed by atoms with E-state index >= 15 is 0 Å². The van der Waals surface area contributed by atoms with Crippen LogP contribution in [0.5, 0.6) is 0 Å². The highest BCUT2D eigenvalue weighted by Crippen LogP contribution is 2.29. The summed E-state index contributed by atoms with van der Waals surface area (Å²) in [6.07, 6.45) is 4.44. The number of aromatic nitrogens is 2. The molecule has 1 heterocycles. The van der Waals surface area contributed by atoms with Gasteiger partial charge in [0, 0.05) is 11.1 Å². The van der Waals surface area contributed by atoms with Crippen LogP contribution < -0.4 is 5.32 Å². The van der Waals surface area contributed by atoms with Gasteiger partial charge in [-0.1, -0.05) is 24.3 Å². The molecule has 5 nitrogen and oxygen atoms in total. The standard InChI is InChI=1S/C19H17N3O2/c23-18(14-8-10-15(11-9-14)19-22-20-12-24-19)21-17-7-3-5-13-4-1-2-6-16(13)17/h1-2,4,6,8-12,17H,3,5,7H2,(H,21,23)/t17-/m1/s1. The molecule has 0 fully saturated rings. The number of aryl methyl sites for hydroxylation is 1. The van der Waals surface area contributed by atoms with Crippen LogP contribution in [-0.2, 0) is 6.42 Å². The molecule has 0 unspecified atom stereocenters. The molecule has 1 atom stereocenters. The molecule has 2 aromatic carbocycles. The van der Waals surface area contributed by atoms with Gasteiger partial charge in [0.1, 0.15) is 0 Å². The van der Waals surface area contributed by atoms with Crippen LogP contribution in [0.1, 0.15) is 40.4 Å². The zero-order chi connectivity index (χ0) is 16.4. The van der Waals surface area contributed by atoms with Gasteiger partial charge in [0.05, 0.1) is 6.04 Å². The fraction of sp³-hybridized carbons (Fsp3) is 0.211. The Balaban J connectivity index is 1.51. The number of fused-ring (bicyclic) bond motifs is 1. The van der Waals surface area contributed by atoms with E-state index in [1.54, 1.807) is 12.1 Å². The molecule has 1 amide bonds. The topological polar surface area (TPSA) is 68.0 Å². The van der Waals surface area contributed by atoms with E-state index in [4.69, 9.17) is 4.42 Å². The van der Waals surface area contributed by atoms with Crippen LogP contribution in [-0.4, -0.2) is 16.1 Å². The SMILES string of the molecule is O=C(N[C@@H]1CCCc2ccccc21)c1ccc(-c2nnco2)cc1. The molecule has 0 saturated carbocycles. The molecule has 3 aromatic rings. The lowest BCUT2D eigenvalue weighted by atomic mass is 9.87. The van der Waals surface area contributed by atoms with Crippen molar-refractivity contribution in [2.45, 2.75) is 25.3 Å². The lowest BCUT2D eigenvalue weighted by molar-refractivity contribution is 0.0933. The van der Waals surface area contributed by atoms with E-state index in [1.165, 1.54) is 17.5 Å². The van der Waals surface area contributed by atoms with Crippen LogP contribution in [0.15, 0.2) is 59.3 Å². The van der Waals surface area contributed by atoms with Crippen molar-refractivity contribution in [3.8, 4) is 11.5 Å². The van der Waals surface area contributed by atoms with Gasteiger partial charge in [-0.3, -0.25) is 4.79 Å². The van der Waals surface area contributed by atoms with Crippen molar-refractivity contribution in [1.82, 2.24) is 15.5 Å². The number of rotatable bonds is 3. The van der Waals surface area contributed by atoms with E-state index in [1.807, 2.05) is 18.2 Å². The Morgan fingerprint density at radius 3 is 2.75 bits per heavy atom. The fourth-order valence-electron chi connectivity index (χ4n) is 3.21. The highest BCUT2D eigenvalue weighted by Gasteiger charge is 2.21. The third-order valence-corrected chi connectivity index (χ3v) is 4.43. The molecule has 0 radical (unpaired) electrons. The number of hydrogen-bond donors (Lipinski definition) is 1. The van der Waals surface area contributed by atoms with Crippen LogP contribution in [0, 0.1) is 0 Å². The van der Waals surface area contributed by atoms with Gasteiger partial charge in [-0.2, -0.15) is 0 Å². The third-order valence-electron chi connectivity index (χ3n) is 4.43. The Bertz CT molecular complexity index is 841. The summed E-state index contributed by atoms with van der Waals surface area (Å²) in [6.45, 7) is 0. The smallest absolute Gasteiger partial charge is 0.251 e. The second-order valence-corrected chi connectivity index (χ2v) is 5.94. The fourth-order valence-corrected chi connectivity index (χ4v) is 3.21. The Morgan fingerprint density at radius 2 is 1.96 bits per heavy atom. The Kier molecular flexibility index (Phi) is 3.83. The largest absolute Gasteiger partial charge is 0.423 e. The maximum absolute atomic E-state index is 12.6. The average molecular weight is 319 g/mol. The van der Waals surface area contributed by atoms with E-state index in [0.29, 0.717) is 11.5 Å². The molecule has 24 heavy (non-hydrogen) atoms. The summed E-state index contributed by atoms with van der Waals surface area (Å²) in [5.41, 5.74) is 3.99. The van der Waals surface area contributed by atoms with Crippen molar-refractivity contribution >= 4 is 5.91 Å². The van der Waals surface area contributed by atoms with Gasteiger partial charge < -0.3 is 9.73 Å². The van der Waals surface area contributed by atoms with Crippen LogP contribution in [0.25, 0.3) is 11.5 Å². The van der Waals surface area contributed by atoms with Gasteiger partial charge in [-0.05, 0) is 54.7 Å². The molecule has 5 heteroatoms. The van der Waals surface area contributed by atoms with Gasteiger partial charge in [0.2, 0.25) is 12.3 Å². The van der Waals surface area contributed by atoms with E-state index in [2.05, 4.69) is 33.7 Å². The number of nitrogens with one attached hydrogen (secondary N) is 1. The molecule has 1 aromatic heterocycles. The second kappa shape index (κ2) is 6.28. The molecule has 1 N–H and O–H groups in total. The lowest BCUT2D eigenvalue weighted by Gasteiger charge is -2.26. The molecular formula is C19H17N3O2. The molecule has 0 spiro atoms. The number of benzene rings is 2. The summed E-state index contributed by atoms with van der Waals surface area (Å²) in [5.74, 6) is 0.386. The Hall–Kier alpha value is -2.95. The van der Waals surface area contributed by atoms with Crippen LogP contribution in [0.2, 0.25) is 0 Å². The minimum atomic E-state index is -0.0613. The van der Waals surface area contributed by atoms with E-state index in [9.17, 15) is 4.79 Å². The molecule has 4 rings (SSSR count). The van der Waals surface area contributed by atoms with Gasteiger partial charge in [-0.15, -0.1) is 10.2 Å². The van der Waals surface area contributed by atoms with E-state index in [-0.39, 0.29) is 11.9 Å². The first kappa shape index (κ1) is 14.6. The van der Waals surface area contributed by atoms with Crippen LogP contribution >= 0.6 is 0 Å². The minimum absolute atomic E-state index is 0.0613. The zero-order valence-electron chi connectivity index (χ0n) is 13.1. The number of hydrogen-bond acceptors (Lipinski definition) is 4. The highest BCUT2D eigenvalue weighted by molar-refractivity contribution is 5.94. The monoisotopic (exact) mass is 319 g/mol. The molecule has 1 aliphatic rings. The summed E-state index contributed by atoms with van der Waals surface area (Å²) in [7, 11) is 0. The molecule has 0 aliphatic heterocycles.